The molecule has 1 aromatic carbocycles. The molecule has 0 radical (unpaired) electrons. The van der Waals surface area contributed by atoms with Crippen LogP contribution in [0.1, 0.15) is 0 Å². The summed E-state index contributed by atoms with van der Waals surface area (Å²) in [4.78, 5) is 0. The lowest BCUT2D eigenvalue weighted by Gasteiger charge is -1.81. The Morgan fingerprint density at radius 1 is 0.909 bits per heavy atom. The summed E-state index contributed by atoms with van der Waals surface area (Å²) in [6, 6.07) is 9.90. The van der Waals surface area contributed by atoms with Crippen LogP contribution in [0.4, 0.5) is 0 Å². The molecule has 0 spiro atoms. The molecule has 0 unspecified atom stereocenters. The third-order valence-electron chi connectivity index (χ3n) is 1.36. The third-order valence-corrected chi connectivity index (χ3v) is 1.36. The molecule has 6 N–H and O–H groups in total. The number of rotatable bonds is 0. The molecule has 0 saturated heterocycles. The van der Waals surface area contributed by atoms with E-state index in [9.17, 15) is 0 Å². The van der Waals surface area contributed by atoms with E-state index in [0.29, 0.717) is 0 Å². The van der Waals surface area contributed by atoms with E-state index in [4.69, 9.17) is 4.42 Å². The van der Waals surface area contributed by atoms with Crippen LogP contribution in [0.25, 0.3) is 11.0 Å². The lowest BCUT2D eigenvalue weighted by molar-refractivity contribution is 0.616. The normalized spacial score (nSPS) is 8.36. The van der Waals surface area contributed by atoms with Crippen molar-refractivity contribution in [2.45, 2.75) is 0 Å². The minimum atomic E-state index is 0. The Hall–Kier alpha value is -1.32. The van der Waals surface area contributed by atoms with Gasteiger partial charge in [-0.25, -0.2) is 0 Å². The predicted octanol–water partition coefficient (Wildman–Crippen LogP) is 2.76. The van der Waals surface area contributed by atoms with E-state index in [-0.39, 0.29) is 12.3 Å². The lowest BCUT2D eigenvalue weighted by Crippen LogP contribution is -1.57. The predicted molar refractivity (Wildman–Crippen MR) is 46.3 cm³/mol. The average Bonchev–Trinajstić information content (AvgIpc) is 2.33. The summed E-state index contributed by atoms with van der Waals surface area (Å²) in [5.74, 6) is 0. The average molecular weight is 152 g/mol. The van der Waals surface area contributed by atoms with Crippen molar-refractivity contribution in [3.8, 4) is 0 Å². The van der Waals surface area contributed by atoms with Gasteiger partial charge in [0.15, 0.2) is 0 Å². The maximum atomic E-state index is 5.12. The minimum Gasteiger partial charge on any atom is -0.464 e. The van der Waals surface area contributed by atoms with Gasteiger partial charge in [0.2, 0.25) is 0 Å². The summed E-state index contributed by atoms with van der Waals surface area (Å²) < 4.78 is 5.12. The van der Waals surface area contributed by atoms with Crippen molar-refractivity contribution in [2.75, 3.05) is 0 Å². The highest BCUT2D eigenvalue weighted by Gasteiger charge is 1.89. The van der Waals surface area contributed by atoms with Crippen molar-refractivity contribution in [1.29, 1.82) is 0 Å². The number of benzene rings is 1. The van der Waals surface area contributed by atoms with Gasteiger partial charge in [0.25, 0.3) is 0 Å². The number of fused-ring (bicyclic) bond motifs is 1. The molecule has 0 atom stereocenters. The van der Waals surface area contributed by atoms with Crippen LogP contribution in [0.15, 0.2) is 41.0 Å². The maximum absolute atomic E-state index is 5.12. The molecule has 0 aliphatic heterocycles. The maximum Gasteiger partial charge on any atom is 0.133 e. The molecule has 0 bridgehead atoms. The van der Waals surface area contributed by atoms with Gasteiger partial charge in [-0.3, -0.25) is 0 Å². The van der Waals surface area contributed by atoms with Crippen LogP contribution in [0.3, 0.4) is 0 Å². The van der Waals surface area contributed by atoms with Crippen molar-refractivity contribution in [3.63, 3.8) is 0 Å². The Morgan fingerprint density at radius 3 is 2.36 bits per heavy atom. The van der Waals surface area contributed by atoms with Crippen molar-refractivity contribution < 1.29 is 4.42 Å². The van der Waals surface area contributed by atoms with E-state index in [1.54, 1.807) is 6.26 Å². The zero-order chi connectivity index (χ0) is 6.10. The molecule has 0 aliphatic rings. The van der Waals surface area contributed by atoms with Crippen LogP contribution in [0.2, 0.25) is 0 Å². The van der Waals surface area contributed by atoms with Crippen LogP contribution in [0.5, 0.6) is 0 Å². The number of para-hydroxylation sites is 1. The number of hydrogen-bond donors (Lipinski definition) is 2. The Morgan fingerprint density at radius 2 is 1.64 bits per heavy atom. The molecule has 0 amide bonds. The highest BCUT2D eigenvalue weighted by atomic mass is 16.3. The van der Waals surface area contributed by atoms with Gasteiger partial charge >= 0.3 is 0 Å². The topological polar surface area (TPSA) is 83.1 Å². The van der Waals surface area contributed by atoms with E-state index in [2.05, 4.69) is 0 Å². The summed E-state index contributed by atoms with van der Waals surface area (Å²) in [6.45, 7) is 0. The van der Waals surface area contributed by atoms with E-state index < -0.39 is 0 Å². The first-order valence-corrected chi connectivity index (χ1v) is 2.89. The standard InChI is InChI=1S/C8H6O.2H3N/c1-2-4-8-7(3-1)5-6-9-8;;/h1-6H;2*1H3. The zero-order valence-electron chi connectivity index (χ0n) is 6.29. The van der Waals surface area contributed by atoms with Crippen LogP contribution in [0, 0.1) is 0 Å². The summed E-state index contributed by atoms with van der Waals surface area (Å²) in [6.07, 6.45) is 1.70. The fourth-order valence-corrected chi connectivity index (χ4v) is 0.906. The van der Waals surface area contributed by atoms with Gasteiger partial charge in [0.05, 0.1) is 6.26 Å². The van der Waals surface area contributed by atoms with Gasteiger partial charge < -0.3 is 16.7 Å². The van der Waals surface area contributed by atoms with Crippen molar-refractivity contribution in [2.24, 2.45) is 0 Å². The summed E-state index contributed by atoms with van der Waals surface area (Å²) in [7, 11) is 0. The molecule has 60 valence electrons. The van der Waals surface area contributed by atoms with Crippen LogP contribution >= 0.6 is 0 Å². The van der Waals surface area contributed by atoms with E-state index in [1.807, 2.05) is 30.3 Å². The smallest absolute Gasteiger partial charge is 0.133 e. The van der Waals surface area contributed by atoms with Crippen molar-refractivity contribution >= 4 is 11.0 Å². The van der Waals surface area contributed by atoms with E-state index in [0.717, 1.165) is 11.0 Å². The number of furan rings is 1. The monoisotopic (exact) mass is 152 g/mol. The van der Waals surface area contributed by atoms with Crippen molar-refractivity contribution in [1.82, 2.24) is 12.3 Å². The van der Waals surface area contributed by atoms with Crippen LogP contribution in [-0.4, -0.2) is 0 Å². The first kappa shape index (κ1) is 9.68. The molecule has 0 fully saturated rings. The van der Waals surface area contributed by atoms with Crippen LogP contribution in [-0.2, 0) is 0 Å². The molecule has 3 heteroatoms. The zero-order valence-corrected chi connectivity index (χ0v) is 6.29. The molecule has 0 aliphatic carbocycles. The summed E-state index contributed by atoms with van der Waals surface area (Å²) in [5, 5.41) is 1.16. The molecular formula is C8H12N2O. The first-order chi connectivity index (χ1) is 4.47. The van der Waals surface area contributed by atoms with Gasteiger partial charge in [-0.1, -0.05) is 18.2 Å². The summed E-state index contributed by atoms with van der Waals surface area (Å²) in [5.41, 5.74) is 0.956. The largest absolute Gasteiger partial charge is 0.464 e. The highest BCUT2D eigenvalue weighted by molar-refractivity contribution is 5.76. The van der Waals surface area contributed by atoms with E-state index >= 15 is 0 Å². The molecule has 11 heavy (non-hydrogen) atoms. The molecule has 2 rings (SSSR count). The quantitative estimate of drug-likeness (QED) is 0.608. The lowest BCUT2D eigenvalue weighted by atomic mass is 10.3. The van der Waals surface area contributed by atoms with Crippen LogP contribution < -0.4 is 12.3 Å². The van der Waals surface area contributed by atoms with Crippen molar-refractivity contribution in [3.05, 3.63) is 36.6 Å². The molecule has 1 heterocycles. The second-order valence-corrected chi connectivity index (χ2v) is 1.96. The Labute approximate surface area is 65.2 Å². The Kier molecular flexibility index (Phi) is 3.30. The third kappa shape index (κ3) is 1.58. The summed E-state index contributed by atoms with van der Waals surface area (Å²) >= 11 is 0. The van der Waals surface area contributed by atoms with Gasteiger partial charge in [0, 0.05) is 5.39 Å². The molecule has 3 nitrogen and oxygen atoms in total. The van der Waals surface area contributed by atoms with Gasteiger partial charge in [0.1, 0.15) is 5.58 Å². The van der Waals surface area contributed by atoms with E-state index in [1.165, 1.54) is 0 Å². The highest BCUT2D eigenvalue weighted by Crippen LogP contribution is 2.12. The molecule has 2 aromatic rings. The minimum absolute atomic E-state index is 0. The SMILES string of the molecule is N.N.c1ccc2occc2c1. The Bertz CT molecular complexity index is 286. The second kappa shape index (κ2) is 3.75. The molecule has 0 saturated carbocycles. The first-order valence-electron chi connectivity index (χ1n) is 2.89. The molecule has 1 aromatic heterocycles. The van der Waals surface area contributed by atoms with Gasteiger partial charge in [-0.15, -0.1) is 0 Å². The fourth-order valence-electron chi connectivity index (χ4n) is 0.906. The number of hydrogen-bond acceptors (Lipinski definition) is 3. The van der Waals surface area contributed by atoms with Gasteiger partial charge in [-0.2, -0.15) is 0 Å². The molecular weight excluding hydrogens is 140 g/mol. The Balaban J connectivity index is 0.000000500. The second-order valence-electron chi connectivity index (χ2n) is 1.96. The van der Waals surface area contributed by atoms with Gasteiger partial charge in [-0.05, 0) is 12.1 Å². The fraction of sp³-hybridized carbons (Fsp3) is 0.